The molecule has 7 heteroatoms. The molecular weight excluding hydrogens is 454 g/mol. The number of imidazole rings is 1. The first-order valence-electron chi connectivity index (χ1n) is 11.5. The number of likely N-dealkylation sites (tertiary alicyclic amines) is 2. The van der Waals surface area contributed by atoms with Crippen LogP contribution in [0.15, 0.2) is 41.0 Å². The van der Waals surface area contributed by atoms with E-state index in [9.17, 15) is 0 Å². The highest BCUT2D eigenvalue weighted by Crippen LogP contribution is 2.24. The van der Waals surface area contributed by atoms with E-state index in [4.69, 9.17) is 4.74 Å². The number of ether oxygens (including phenoxy) is 1. The monoisotopic (exact) mass is 483 g/mol. The number of aromatic amines is 1. The Labute approximate surface area is 192 Å². The number of H-pyrrole nitrogens is 1. The number of pyridine rings is 1. The number of benzene rings is 1. The maximum absolute atomic E-state index is 6.02. The predicted molar refractivity (Wildman–Crippen MR) is 127 cm³/mol. The highest BCUT2D eigenvalue weighted by Gasteiger charge is 2.25. The highest BCUT2D eigenvalue weighted by molar-refractivity contribution is 9.10. The van der Waals surface area contributed by atoms with Gasteiger partial charge in [-0.3, -0.25) is 4.90 Å². The van der Waals surface area contributed by atoms with Gasteiger partial charge in [0, 0.05) is 28.8 Å². The van der Waals surface area contributed by atoms with E-state index in [1.54, 1.807) is 6.20 Å². The van der Waals surface area contributed by atoms with Gasteiger partial charge in [0.25, 0.3) is 0 Å². The third-order valence-corrected chi connectivity index (χ3v) is 7.01. The van der Waals surface area contributed by atoms with Crippen molar-refractivity contribution in [2.75, 3.05) is 39.3 Å². The molecule has 31 heavy (non-hydrogen) atoms. The predicted octanol–water partition coefficient (Wildman–Crippen LogP) is 4.72. The van der Waals surface area contributed by atoms with Gasteiger partial charge in [-0.25, -0.2) is 9.97 Å². The maximum Gasteiger partial charge on any atom is 0.178 e. The first-order valence-corrected chi connectivity index (χ1v) is 12.2. The van der Waals surface area contributed by atoms with Crippen molar-refractivity contribution >= 4 is 27.1 Å². The third-order valence-electron chi connectivity index (χ3n) is 6.57. The molecule has 2 aromatic heterocycles. The summed E-state index contributed by atoms with van der Waals surface area (Å²) in [7, 11) is 0. The zero-order valence-electron chi connectivity index (χ0n) is 17.9. The van der Waals surface area contributed by atoms with Crippen LogP contribution in [0.4, 0.5) is 0 Å². The molecule has 5 rings (SSSR count). The molecule has 0 aliphatic carbocycles. The minimum atomic E-state index is 0.725. The minimum Gasteiger partial charge on any atom is -0.492 e. The number of nitrogens with one attached hydrogen (secondary N) is 1. The van der Waals surface area contributed by atoms with E-state index < -0.39 is 0 Å². The summed E-state index contributed by atoms with van der Waals surface area (Å²) in [5, 5.41) is 0. The molecule has 1 aromatic carbocycles. The van der Waals surface area contributed by atoms with Crippen LogP contribution < -0.4 is 4.74 Å². The Kier molecular flexibility index (Phi) is 6.53. The SMILES string of the molecule is Brc1cnc2nc(-c3ccc(OCCN4CCC(N5CCCCC5)CC4)cc3)[nH]c2c1. The van der Waals surface area contributed by atoms with Crippen LogP contribution in [0.25, 0.3) is 22.6 Å². The molecule has 3 aromatic rings. The molecule has 2 fully saturated rings. The van der Waals surface area contributed by atoms with Crippen LogP contribution in [0, 0.1) is 0 Å². The van der Waals surface area contributed by atoms with Crippen molar-refractivity contribution in [3.63, 3.8) is 0 Å². The number of rotatable bonds is 6. The quantitative estimate of drug-likeness (QED) is 0.549. The highest BCUT2D eigenvalue weighted by atomic mass is 79.9. The van der Waals surface area contributed by atoms with Crippen LogP contribution in [0.1, 0.15) is 32.1 Å². The van der Waals surface area contributed by atoms with E-state index in [1.165, 1.54) is 58.3 Å². The molecule has 164 valence electrons. The van der Waals surface area contributed by atoms with Crippen molar-refractivity contribution in [2.24, 2.45) is 0 Å². The topological polar surface area (TPSA) is 57.3 Å². The lowest BCUT2D eigenvalue weighted by Crippen LogP contribution is -2.47. The first-order chi connectivity index (χ1) is 15.2. The summed E-state index contributed by atoms with van der Waals surface area (Å²) in [6.45, 7) is 6.74. The van der Waals surface area contributed by atoms with Gasteiger partial charge in [-0.2, -0.15) is 0 Å². The molecular formula is C24H30BrN5O. The second-order valence-corrected chi connectivity index (χ2v) is 9.57. The van der Waals surface area contributed by atoms with Crippen LogP contribution in [0.2, 0.25) is 0 Å². The van der Waals surface area contributed by atoms with Gasteiger partial charge >= 0.3 is 0 Å². The van der Waals surface area contributed by atoms with Gasteiger partial charge in [0.2, 0.25) is 0 Å². The summed E-state index contributed by atoms with van der Waals surface area (Å²) >= 11 is 3.45. The van der Waals surface area contributed by atoms with Crippen molar-refractivity contribution in [3.8, 4) is 17.1 Å². The molecule has 1 N–H and O–H groups in total. The lowest BCUT2D eigenvalue weighted by Gasteiger charge is -2.40. The summed E-state index contributed by atoms with van der Waals surface area (Å²) in [5.41, 5.74) is 2.68. The van der Waals surface area contributed by atoms with Crippen molar-refractivity contribution in [1.82, 2.24) is 24.8 Å². The number of nitrogens with zero attached hydrogens (tertiary/aromatic N) is 4. The van der Waals surface area contributed by atoms with Crippen LogP contribution in [-0.4, -0.2) is 70.1 Å². The summed E-state index contributed by atoms with van der Waals surface area (Å²) in [5.74, 6) is 1.73. The zero-order valence-corrected chi connectivity index (χ0v) is 19.5. The Bertz CT molecular complexity index is 991. The van der Waals surface area contributed by atoms with Gasteiger partial charge < -0.3 is 14.6 Å². The minimum absolute atomic E-state index is 0.725. The second kappa shape index (κ2) is 9.67. The molecule has 0 radical (unpaired) electrons. The van der Waals surface area contributed by atoms with E-state index in [0.29, 0.717) is 0 Å². The number of aromatic nitrogens is 3. The molecule has 0 atom stereocenters. The van der Waals surface area contributed by atoms with E-state index in [1.807, 2.05) is 30.3 Å². The summed E-state index contributed by atoms with van der Waals surface area (Å²) in [6, 6.07) is 10.9. The van der Waals surface area contributed by atoms with E-state index in [-0.39, 0.29) is 0 Å². The summed E-state index contributed by atoms with van der Waals surface area (Å²) in [6.07, 6.45) is 8.56. The Hall–Kier alpha value is -1.96. The van der Waals surface area contributed by atoms with Crippen molar-refractivity contribution < 1.29 is 4.74 Å². The average molecular weight is 484 g/mol. The largest absolute Gasteiger partial charge is 0.492 e. The maximum atomic E-state index is 6.02. The van der Waals surface area contributed by atoms with Gasteiger partial charge in [0.05, 0.1) is 5.52 Å². The molecule has 0 amide bonds. The van der Waals surface area contributed by atoms with Crippen molar-refractivity contribution in [2.45, 2.75) is 38.1 Å². The van der Waals surface area contributed by atoms with Gasteiger partial charge in [-0.1, -0.05) is 6.42 Å². The summed E-state index contributed by atoms with van der Waals surface area (Å²) < 4.78 is 6.96. The third kappa shape index (κ3) is 5.10. The molecule has 4 heterocycles. The fourth-order valence-corrected chi connectivity index (χ4v) is 5.14. The second-order valence-electron chi connectivity index (χ2n) is 8.65. The number of hydrogen-bond acceptors (Lipinski definition) is 5. The molecule has 0 unspecified atom stereocenters. The molecule has 2 aliphatic heterocycles. The average Bonchev–Trinajstić information content (AvgIpc) is 3.24. The Morgan fingerprint density at radius 3 is 2.58 bits per heavy atom. The number of fused-ring (bicyclic) bond motifs is 1. The summed E-state index contributed by atoms with van der Waals surface area (Å²) in [4.78, 5) is 17.5. The Balaban J connectivity index is 1.09. The van der Waals surface area contributed by atoms with E-state index in [2.05, 4.69) is 40.7 Å². The van der Waals surface area contributed by atoms with Gasteiger partial charge in [-0.05, 0) is 98.1 Å². The lowest BCUT2D eigenvalue weighted by molar-refractivity contribution is 0.0858. The molecule has 2 aliphatic rings. The van der Waals surface area contributed by atoms with E-state index >= 15 is 0 Å². The molecule has 0 spiro atoms. The van der Waals surface area contributed by atoms with Crippen molar-refractivity contribution in [1.29, 1.82) is 0 Å². The van der Waals surface area contributed by atoms with Crippen LogP contribution in [-0.2, 0) is 0 Å². The van der Waals surface area contributed by atoms with E-state index in [0.717, 1.165) is 52.0 Å². The number of piperidine rings is 2. The first kappa shape index (κ1) is 20.9. The van der Waals surface area contributed by atoms with Crippen LogP contribution in [0.5, 0.6) is 5.75 Å². The van der Waals surface area contributed by atoms with Gasteiger partial charge in [-0.15, -0.1) is 0 Å². The Morgan fingerprint density at radius 1 is 1.03 bits per heavy atom. The van der Waals surface area contributed by atoms with Crippen molar-refractivity contribution in [3.05, 3.63) is 41.0 Å². The Morgan fingerprint density at radius 2 is 1.81 bits per heavy atom. The number of hydrogen-bond donors (Lipinski definition) is 1. The molecule has 0 saturated carbocycles. The molecule has 2 saturated heterocycles. The standard InChI is InChI=1S/C24H30BrN5O/c25-19-16-22-24(26-17-19)28-23(27-22)18-4-6-21(7-5-18)31-15-14-29-12-8-20(9-13-29)30-10-2-1-3-11-30/h4-7,16-17,20H,1-3,8-15H2,(H,26,27,28). The van der Waals surface area contributed by atoms with Crippen LogP contribution in [0.3, 0.4) is 0 Å². The lowest BCUT2D eigenvalue weighted by atomic mass is 10.00. The number of halogens is 1. The molecule has 0 bridgehead atoms. The zero-order chi connectivity index (χ0) is 21.0. The fraction of sp³-hybridized carbons (Fsp3) is 0.500. The molecule has 6 nitrogen and oxygen atoms in total. The van der Waals surface area contributed by atoms with Crippen LogP contribution >= 0.6 is 15.9 Å². The fourth-order valence-electron chi connectivity index (χ4n) is 4.80. The van der Waals surface area contributed by atoms with Gasteiger partial charge in [0.15, 0.2) is 5.65 Å². The normalized spacial score (nSPS) is 19.1. The smallest absolute Gasteiger partial charge is 0.178 e. The van der Waals surface area contributed by atoms with Gasteiger partial charge in [0.1, 0.15) is 18.2 Å².